The summed E-state index contributed by atoms with van der Waals surface area (Å²) in [5, 5.41) is 3.96. The van der Waals surface area contributed by atoms with Gasteiger partial charge < -0.3 is 19.7 Å². The van der Waals surface area contributed by atoms with Gasteiger partial charge in [0.15, 0.2) is 0 Å². The second-order valence-electron chi connectivity index (χ2n) is 5.21. The molecule has 2 atom stereocenters. The Labute approximate surface area is 140 Å². The molecule has 0 aliphatic carbocycles. The van der Waals surface area contributed by atoms with Crippen LogP contribution in [0, 0.1) is 0 Å². The molecule has 0 spiro atoms. The normalized spacial score (nSPS) is 19.5. The first kappa shape index (κ1) is 17.3. The van der Waals surface area contributed by atoms with Gasteiger partial charge in [0.1, 0.15) is 0 Å². The van der Waals surface area contributed by atoms with Crippen molar-refractivity contribution in [3.63, 3.8) is 0 Å². The molecule has 1 aliphatic heterocycles. The van der Waals surface area contributed by atoms with Crippen LogP contribution in [-0.2, 0) is 9.47 Å². The molecule has 1 heterocycles. The maximum atomic E-state index is 12.2. The first-order chi connectivity index (χ1) is 10.5. The lowest BCUT2D eigenvalue weighted by molar-refractivity contribution is -0.0856. The van der Waals surface area contributed by atoms with Crippen molar-refractivity contribution >= 4 is 29.2 Å². The van der Waals surface area contributed by atoms with E-state index < -0.39 is 0 Å². The van der Waals surface area contributed by atoms with Crippen molar-refractivity contribution in [2.75, 3.05) is 33.4 Å². The maximum absolute atomic E-state index is 12.2. The van der Waals surface area contributed by atoms with E-state index in [4.69, 9.17) is 32.7 Å². The summed E-state index contributed by atoms with van der Waals surface area (Å²) >= 11 is 12.1. The van der Waals surface area contributed by atoms with E-state index in [0.29, 0.717) is 36.4 Å². The number of carbonyl (C=O) groups excluding carboxylic acids is 1. The number of benzene rings is 1. The van der Waals surface area contributed by atoms with Gasteiger partial charge in [-0.1, -0.05) is 29.3 Å². The van der Waals surface area contributed by atoms with Gasteiger partial charge >= 0.3 is 6.03 Å². The highest BCUT2D eigenvalue weighted by molar-refractivity contribution is 6.35. The predicted octanol–water partition coefficient (Wildman–Crippen LogP) is 3.11. The molecule has 22 heavy (non-hydrogen) atoms. The number of halogens is 2. The first-order valence-electron chi connectivity index (χ1n) is 7.14. The molecular formula is C15H20Cl2N2O3. The highest BCUT2D eigenvalue weighted by Gasteiger charge is 2.21. The third-order valence-electron chi connectivity index (χ3n) is 3.68. The Morgan fingerprint density at radius 2 is 2.23 bits per heavy atom. The van der Waals surface area contributed by atoms with E-state index in [9.17, 15) is 4.79 Å². The van der Waals surface area contributed by atoms with Gasteiger partial charge in [0.05, 0.1) is 32.0 Å². The summed E-state index contributed by atoms with van der Waals surface area (Å²) < 4.78 is 10.8. The zero-order valence-corrected chi connectivity index (χ0v) is 14.2. The molecule has 1 saturated heterocycles. The van der Waals surface area contributed by atoms with E-state index in [1.807, 2.05) is 13.0 Å². The summed E-state index contributed by atoms with van der Waals surface area (Å²) in [6, 6.07) is 4.91. The third-order valence-corrected chi connectivity index (χ3v) is 4.24. The van der Waals surface area contributed by atoms with Gasteiger partial charge in [0, 0.05) is 23.6 Å². The molecule has 1 fully saturated rings. The zero-order chi connectivity index (χ0) is 16.1. The van der Waals surface area contributed by atoms with Gasteiger partial charge in [-0.05, 0) is 24.6 Å². The Balaban J connectivity index is 1.91. The number of nitrogens with one attached hydrogen (secondary N) is 1. The minimum atomic E-state index is -0.187. The average molecular weight is 347 g/mol. The van der Waals surface area contributed by atoms with E-state index in [-0.39, 0.29) is 18.2 Å². The van der Waals surface area contributed by atoms with Crippen LogP contribution < -0.4 is 5.32 Å². The minimum Gasteiger partial charge on any atom is -0.376 e. The minimum absolute atomic E-state index is 0.0967. The van der Waals surface area contributed by atoms with E-state index in [1.165, 1.54) is 0 Å². The highest BCUT2D eigenvalue weighted by Crippen LogP contribution is 2.29. The molecule has 0 bridgehead atoms. The van der Waals surface area contributed by atoms with Crippen LogP contribution in [-0.4, -0.2) is 50.4 Å². The Bertz CT molecular complexity index is 522. The summed E-state index contributed by atoms with van der Waals surface area (Å²) in [5.41, 5.74) is 0.848. The fraction of sp³-hybridized carbons (Fsp3) is 0.533. The monoisotopic (exact) mass is 346 g/mol. The number of carbonyl (C=O) groups is 1. The number of amides is 2. The Morgan fingerprint density at radius 1 is 1.45 bits per heavy atom. The van der Waals surface area contributed by atoms with Gasteiger partial charge in [0.25, 0.3) is 0 Å². The standard InChI is InChI=1S/C15H20Cl2N2O3/c1-10(13-4-3-11(16)7-14(13)17)19(2)15(20)18-8-12-9-21-5-6-22-12/h3-4,7,10,12H,5-6,8-9H2,1-2H3,(H,18,20)/t10-,12-/m0/s1. The lowest BCUT2D eigenvalue weighted by atomic mass is 10.1. The zero-order valence-electron chi connectivity index (χ0n) is 12.6. The molecule has 122 valence electrons. The first-order valence-corrected chi connectivity index (χ1v) is 7.89. The van der Waals surface area contributed by atoms with Crippen LogP contribution in [0.15, 0.2) is 18.2 Å². The number of nitrogens with zero attached hydrogens (tertiary/aromatic N) is 1. The highest BCUT2D eigenvalue weighted by atomic mass is 35.5. The van der Waals surface area contributed by atoms with Gasteiger partial charge in [-0.3, -0.25) is 0 Å². The molecule has 0 aromatic heterocycles. The molecule has 7 heteroatoms. The Morgan fingerprint density at radius 3 is 2.86 bits per heavy atom. The Kier molecular flexibility index (Phi) is 6.32. The van der Waals surface area contributed by atoms with Crippen molar-refractivity contribution in [3.8, 4) is 0 Å². The second-order valence-corrected chi connectivity index (χ2v) is 6.05. The molecule has 1 aliphatic rings. The van der Waals surface area contributed by atoms with Gasteiger partial charge in [-0.15, -0.1) is 0 Å². The smallest absolute Gasteiger partial charge is 0.317 e. The number of hydrogen-bond donors (Lipinski definition) is 1. The summed E-state index contributed by atoms with van der Waals surface area (Å²) in [5.74, 6) is 0. The topological polar surface area (TPSA) is 50.8 Å². The van der Waals surface area contributed by atoms with Crippen molar-refractivity contribution in [3.05, 3.63) is 33.8 Å². The van der Waals surface area contributed by atoms with Gasteiger partial charge in [-0.25, -0.2) is 4.79 Å². The van der Waals surface area contributed by atoms with Crippen LogP contribution >= 0.6 is 23.2 Å². The summed E-state index contributed by atoms with van der Waals surface area (Å²) in [4.78, 5) is 13.8. The van der Waals surface area contributed by atoms with E-state index in [2.05, 4.69) is 5.32 Å². The van der Waals surface area contributed by atoms with Crippen molar-refractivity contribution in [2.45, 2.75) is 19.1 Å². The number of hydrogen-bond acceptors (Lipinski definition) is 3. The van der Waals surface area contributed by atoms with Crippen molar-refractivity contribution in [1.29, 1.82) is 0 Å². The number of rotatable bonds is 4. The van der Waals surface area contributed by atoms with Crippen molar-refractivity contribution in [1.82, 2.24) is 10.2 Å². The predicted molar refractivity (Wildman–Crippen MR) is 86.6 cm³/mol. The number of urea groups is 1. The second kappa shape index (κ2) is 8.02. The fourth-order valence-electron chi connectivity index (χ4n) is 2.21. The molecule has 1 aromatic carbocycles. The summed E-state index contributed by atoms with van der Waals surface area (Å²) in [6.07, 6.45) is -0.0967. The fourth-order valence-corrected chi connectivity index (χ4v) is 2.77. The molecule has 5 nitrogen and oxygen atoms in total. The molecule has 1 aromatic rings. The van der Waals surface area contributed by atoms with E-state index in [1.54, 1.807) is 24.1 Å². The lowest BCUT2D eigenvalue weighted by Gasteiger charge is -2.28. The largest absolute Gasteiger partial charge is 0.376 e. The third kappa shape index (κ3) is 4.49. The number of ether oxygens (including phenoxy) is 2. The van der Waals surface area contributed by atoms with Crippen LogP contribution in [0.25, 0.3) is 0 Å². The van der Waals surface area contributed by atoms with Gasteiger partial charge in [0.2, 0.25) is 0 Å². The molecule has 2 rings (SSSR count). The Hall–Kier alpha value is -1.01. The van der Waals surface area contributed by atoms with E-state index >= 15 is 0 Å². The quantitative estimate of drug-likeness (QED) is 0.911. The van der Waals surface area contributed by atoms with Crippen LogP contribution in [0.5, 0.6) is 0 Å². The molecule has 0 radical (unpaired) electrons. The molecule has 0 saturated carbocycles. The SMILES string of the molecule is C[C@@H](c1ccc(Cl)cc1Cl)N(C)C(=O)NC[C@H]1COCCO1. The molecule has 0 unspecified atom stereocenters. The van der Waals surface area contributed by atoms with Crippen LogP contribution in [0.2, 0.25) is 10.0 Å². The average Bonchev–Trinajstić information content (AvgIpc) is 2.52. The van der Waals surface area contributed by atoms with Gasteiger partial charge in [-0.2, -0.15) is 0 Å². The van der Waals surface area contributed by atoms with Crippen LogP contribution in [0.4, 0.5) is 4.79 Å². The van der Waals surface area contributed by atoms with Crippen molar-refractivity contribution in [2.24, 2.45) is 0 Å². The summed E-state index contributed by atoms with van der Waals surface area (Å²) in [6.45, 7) is 4.01. The van der Waals surface area contributed by atoms with Crippen molar-refractivity contribution < 1.29 is 14.3 Å². The summed E-state index contributed by atoms with van der Waals surface area (Å²) in [7, 11) is 1.73. The molecule has 2 amide bonds. The molecule has 1 N–H and O–H groups in total. The molecular weight excluding hydrogens is 327 g/mol. The lowest BCUT2D eigenvalue weighted by Crippen LogP contribution is -2.45. The van der Waals surface area contributed by atoms with Crippen LogP contribution in [0.3, 0.4) is 0 Å². The van der Waals surface area contributed by atoms with Crippen LogP contribution in [0.1, 0.15) is 18.5 Å². The van der Waals surface area contributed by atoms with E-state index in [0.717, 1.165) is 5.56 Å². The maximum Gasteiger partial charge on any atom is 0.317 e.